The van der Waals surface area contributed by atoms with Gasteiger partial charge in [0.2, 0.25) is 12.7 Å². The SMILES string of the molecule is Cc1ccc(NC(=O)C(=O)NCc2ccc3c(c2)OCO3)cc1N1CCCCC1=O. The van der Waals surface area contributed by atoms with E-state index in [1.54, 1.807) is 35.2 Å². The maximum atomic E-state index is 12.3. The monoisotopic (exact) mass is 409 g/mol. The summed E-state index contributed by atoms with van der Waals surface area (Å²) in [6.07, 6.45) is 2.37. The number of amides is 3. The summed E-state index contributed by atoms with van der Waals surface area (Å²) in [7, 11) is 0. The molecule has 0 aliphatic carbocycles. The molecule has 1 fully saturated rings. The number of nitrogens with one attached hydrogen (secondary N) is 2. The van der Waals surface area contributed by atoms with E-state index in [2.05, 4.69) is 10.6 Å². The fraction of sp³-hybridized carbons (Fsp3) is 0.318. The highest BCUT2D eigenvalue weighted by Gasteiger charge is 2.22. The van der Waals surface area contributed by atoms with Crippen molar-refractivity contribution < 1.29 is 23.9 Å². The van der Waals surface area contributed by atoms with E-state index >= 15 is 0 Å². The van der Waals surface area contributed by atoms with Crippen molar-refractivity contribution in [3.63, 3.8) is 0 Å². The summed E-state index contributed by atoms with van der Waals surface area (Å²) in [6, 6.07) is 10.6. The van der Waals surface area contributed by atoms with E-state index in [1.165, 1.54) is 0 Å². The van der Waals surface area contributed by atoms with Crippen LogP contribution in [-0.4, -0.2) is 31.1 Å². The number of carbonyl (C=O) groups is 3. The van der Waals surface area contributed by atoms with Gasteiger partial charge in [0.05, 0.1) is 0 Å². The molecule has 0 spiro atoms. The van der Waals surface area contributed by atoms with Crippen LogP contribution in [0.3, 0.4) is 0 Å². The van der Waals surface area contributed by atoms with Gasteiger partial charge in [-0.15, -0.1) is 0 Å². The van der Waals surface area contributed by atoms with Gasteiger partial charge in [0.1, 0.15) is 0 Å². The van der Waals surface area contributed by atoms with E-state index in [1.807, 2.05) is 13.0 Å². The quantitative estimate of drug-likeness (QED) is 0.757. The van der Waals surface area contributed by atoms with Crippen molar-refractivity contribution >= 4 is 29.1 Å². The van der Waals surface area contributed by atoms with Gasteiger partial charge >= 0.3 is 11.8 Å². The van der Waals surface area contributed by atoms with Gasteiger partial charge in [-0.25, -0.2) is 0 Å². The molecule has 2 aliphatic heterocycles. The molecule has 2 aromatic rings. The van der Waals surface area contributed by atoms with Gasteiger partial charge in [0.25, 0.3) is 0 Å². The highest BCUT2D eigenvalue weighted by molar-refractivity contribution is 6.39. The first-order valence-electron chi connectivity index (χ1n) is 9.90. The van der Waals surface area contributed by atoms with Crippen LogP contribution < -0.4 is 25.0 Å². The molecule has 1 saturated heterocycles. The Labute approximate surface area is 174 Å². The number of anilines is 2. The minimum Gasteiger partial charge on any atom is -0.454 e. The van der Waals surface area contributed by atoms with Crippen molar-refractivity contribution in [1.82, 2.24) is 5.32 Å². The average molecular weight is 409 g/mol. The standard InChI is InChI=1S/C22H23N3O5/c1-14-5-7-16(11-17(14)25-9-3-2-4-20(25)26)24-22(28)21(27)23-12-15-6-8-18-19(10-15)30-13-29-18/h5-8,10-11H,2-4,9,12-13H2,1H3,(H,23,27)(H,24,28). The minimum atomic E-state index is -0.768. The van der Waals surface area contributed by atoms with Gasteiger partial charge in [0.15, 0.2) is 11.5 Å². The smallest absolute Gasteiger partial charge is 0.313 e. The molecular formula is C22H23N3O5. The Morgan fingerprint density at radius 1 is 1.03 bits per heavy atom. The molecule has 0 radical (unpaired) electrons. The maximum absolute atomic E-state index is 12.3. The van der Waals surface area contributed by atoms with Crippen LogP contribution in [-0.2, 0) is 20.9 Å². The molecule has 0 unspecified atom stereocenters. The van der Waals surface area contributed by atoms with Crippen molar-refractivity contribution in [2.24, 2.45) is 0 Å². The summed E-state index contributed by atoms with van der Waals surface area (Å²) in [5.41, 5.74) is 2.97. The van der Waals surface area contributed by atoms with Crippen LogP contribution in [0.2, 0.25) is 0 Å². The van der Waals surface area contributed by atoms with Crippen molar-refractivity contribution in [3.05, 3.63) is 47.5 Å². The zero-order chi connectivity index (χ0) is 21.1. The lowest BCUT2D eigenvalue weighted by molar-refractivity contribution is -0.136. The third-order valence-corrected chi connectivity index (χ3v) is 5.18. The number of piperidine rings is 1. The Bertz CT molecular complexity index is 1000. The second-order valence-corrected chi connectivity index (χ2v) is 7.33. The topological polar surface area (TPSA) is 97.0 Å². The molecule has 156 valence electrons. The predicted octanol–water partition coefficient (Wildman–Crippen LogP) is 2.50. The molecule has 8 heteroatoms. The van der Waals surface area contributed by atoms with E-state index < -0.39 is 11.8 Å². The third kappa shape index (κ3) is 4.22. The molecule has 2 aliphatic rings. The molecule has 8 nitrogen and oxygen atoms in total. The van der Waals surface area contributed by atoms with Gasteiger partial charge in [-0.1, -0.05) is 12.1 Å². The predicted molar refractivity (Wildman–Crippen MR) is 110 cm³/mol. The van der Waals surface area contributed by atoms with Crippen LogP contribution in [0.5, 0.6) is 11.5 Å². The molecule has 0 atom stereocenters. The van der Waals surface area contributed by atoms with Crippen molar-refractivity contribution in [2.75, 3.05) is 23.6 Å². The number of fused-ring (bicyclic) bond motifs is 1. The van der Waals surface area contributed by atoms with E-state index in [-0.39, 0.29) is 19.2 Å². The first kappa shape index (κ1) is 19.8. The lowest BCUT2D eigenvalue weighted by Gasteiger charge is -2.28. The molecule has 2 heterocycles. The van der Waals surface area contributed by atoms with Crippen molar-refractivity contribution in [2.45, 2.75) is 32.7 Å². The Morgan fingerprint density at radius 2 is 1.87 bits per heavy atom. The van der Waals surface area contributed by atoms with Crippen LogP contribution in [0, 0.1) is 6.92 Å². The van der Waals surface area contributed by atoms with Gasteiger partial charge in [-0.3, -0.25) is 14.4 Å². The van der Waals surface area contributed by atoms with Crippen molar-refractivity contribution in [1.29, 1.82) is 0 Å². The molecular weight excluding hydrogens is 386 g/mol. The van der Waals surface area contributed by atoms with Gasteiger partial charge in [-0.2, -0.15) is 0 Å². The zero-order valence-electron chi connectivity index (χ0n) is 16.7. The largest absolute Gasteiger partial charge is 0.454 e. The molecule has 3 amide bonds. The van der Waals surface area contributed by atoms with E-state index in [4.69, 9.17) is 9.47 Å². The molecule has 30 heavy (non-hydrogen) atoms. The lowest BCUT2D eigenvalue weighted by atomic mass is 10.1. The summed E-state index contributed by atoms with van der Waals surface area (Å²) in [6.45, 7) is 2.94. The Kier molecular flexibility index (Phi) is 5.56. The molecule has 0 bridgehead atoms. The number of aryl methyl sites for hydroxylation is 1. The summed E-state index contributed by atoms with van der Waals surface area (Å²) in [5, 5.41) is 5.20. The summed E-state index contributed by atoms with van der Waals surface area (Å²) in [4.78, 5) is 38.5. The second kappa shape index (κ2) is 8.44. The summed E-state index contributed by atoms with van der Waals surface area (Å²) >= 11 is 0. The lowest BCUT2D eigenvalue weighted by Crippen LogP contribution is -2.36. The molecule has 0 saturated carbocycles. The number of benzene rings is 2. The highest BCUT2D eigenvalue weighted by atomic mass is 16.7. The fourth-order valence-electron chi connectivity index (χ4n) is 3.54. The molecule has 4 rings (SSSR count). The Hall–Kier alpha value is -3.55. The van der Waals surface area contributed by atoms with Crippen LogP contribution in [0.15, 0.2) is 36.4 Å². The Morgan fingerprint density at radius 3 is 2.70 bits per heavy atom. The molecule has 0 aromatic heterocycles. The number of carbonyl (C=O) groups excluding carboxylic acids is 3. The number of hydrogen-bond donors (Lipinski definition) is 2. The van der Waals surface area contributed by atoms with Crippen molar-refractivity contribution in [3.8, 4) is 11.5 Å². The first-order valence-corrected chi connectivity index (χ1v) is 9.90. The molecule has 2 aromatic carbocycles. The van der Waals surface area contributed by atoms with Crippen LogP contribution in [0.25, 0.3) is 0 Å². The van der Waals surface area contributed by atoms with Crippen LogP contribution >= 0.6 is 0 Å². The Balaban J connectivity index is 1.37. The summed E-state index contributed by atoms with van der Waals surface area (Å²) < 4.78 is 10.6. The minimum absolute atomic E-state index is 0.0781. The highest BCUT2D eigenvalue weighted by Crippen LogP contribution is 2.32. The fourth-order valence-corrected chi connectivity index (χ4v) is 3.54. The average Bonchev–Trinajstić information content (AvgIpc) is 3.22. The van der Waals surface area contributed by atoms with Crippen LogP contribution in [0.4, 0.5) is 11.4 Å². The van der Waals surface area contributed by atoms with Crippen LogP contribution in [0.1, 0.15) is 30.4 Å². The number of rotatable bonds is 4. The zero-order valence-corrected chi connectivity index (χ0v) is 16.7. The number of nitrogens with zero attached hydrogens (tertiary/aromatic N) is 1. The van der Waals surface area contributed by atoms with E-state index in [9.17, 15) is 14.4 Å². The maximum Gasteiger partial charge on any atom is 0.313 e. The van der Waals surface area contributed by atoms with Gasteiger partial charge < -0.3 is 25.0 Å². The molecule has 2 N–H and O–H groups in total. The van der Waals surface area contributed by atoms with Gasteiger partial charge in [-0.05, 0) is 55.2 Å². The normalized spacial score (nSPS) is 15.1. The van der Waals surface area contributed by atoms with E-state index in [0.29, 0.717) is 30.2 Å². The summed E-state index contributed by atoms with van der Waals surface area (Å²) in [5.74, 6) is -0.163. The third-order valence-electron chi connectivity index (χ3n) is 5.18. The number of hydrogen-bond acceptors (Lipinski definition) is 5. The number of ether oxygens (including phenoxy) is 2. The van der Waals surface area contributed by atoms with E-state index in [0.717, 1.165) is 29.7 Å². The van der Waals surface area contributed by atoms with Gasteiger partial charge in [0, 0.05) is 30.9 Å². The first-order chi connectivity index (χ1) is 14.5. The second-order valence-electron chi connectivity index (χ2n) is 7.33.